The predicted octanol–water partition coefficient (Wildman–Crippen LogP) is 4.82. The minimum absolute atomic E-state index is 0.0808. The van der Waals surface area contributed by atoms with Gasteiger partial charge in [-0.3, -0.25) is 4.79 Å². The van der Waals surface area contributed by atoms with Crippen molar-refractivity contribution >= 4 is 11.7 Å². The van der Waals surface area contributed by atoms with Crippen molar-refractivity contribution in [2.45, 2.75) is 44.7 Å². The van der Waals surface area contributed by atoms with Gasteiger partial charge in [-0.25, -0.2) is 9.97 Å². The van der Waals surface area contributed by atoms with Crippen molar-refractivity contribution < 1.29 is 4.79 Å². The Morgan fingerprint density at radius 1 is 0.931 bits per heavy atom. The van der Waals surface area contributed by atoms with E-state index in [1.165, 1.54) is 32.1 Å². The first-order chi connectivity index (χ1) is 14.3. The molecule has 1 aliphatic carbocycles. The highest BCUT2D eigenvalue weighted by molar-refractivity contribution is 5.94. The summed E-state index contributed by atoms with van der Waals surface area (Å²) in [6.07, 6.45) is 7.89. The lowest BCUT2D eigenvalue weighted by Gasteiger charge is -2.23. The van der Waals surface area contributed by atoms with Crippen molar-refractivity contribution in [1.82, 2.24) is 15.3 Å². The number of hydrogen-bond donors (Lipinski definition) is 2. The first kappa shape index (κ1) is 19.1. The molecule has 1 fully saturated rings. The molecule has 0 bridgehead atoms. The second-order valence-electron chi connectivity index (χ2n) is 7.51. The Kier molecular flexibility index (Phi) is 6.15. The van der Waals surface area contributed by atoms with E-state index in [9.17, 15) is 4.79 Å². The summed E-state index contributed by atoms with van der Waals surface area (Å²) in [5, 5.41) is 6.49. The molecular weight excluding hydrogens is 360 g/mol. The lowest BCUT2D eigenvalue weighted by molar-refractivity contribution is 0.0951. The summed E-state index contributed by atoms with van der Waals surface area (Å²) in [6, 6.07) is 19.9. The highest BCUT2D eigenvalue weighted by Crippen LogP contribution is 2.23. The molecule has 0 spiro atoms. The average Bonchev–Trinajstić information content (AvgIpc) is 2.79. The molecule has 1 amide bonds. The van der Waals surface area contributed by atoms with Crippen molar-refractivity contribution in [3.8, 4) is 11.3 Å². The standard InChI is InChI=1S/C24H26N4O/c29-24(25-16-18-7-3-1-4-8-18)20-13-11-19(12-14-20)22-15-23(27-17-26-22)28-21-9-5-2-6-10-21/h1,3-4,7-8,11-15,17,21H,2,5-6,9-10,16H2,(H,25,29)(H,26,27,28). The summed E-state index contributed by atoms with van der Waals surface area (Å²) in [7, 11) is 0. The molecule has 5 heteroatoms. The number of benzene rings is 2. The van der Waals surface area contributed by atoms with Crippen LogP contribution in [0.1, 0.15) is 48.0 Å². The number of nitrogens with zero attached hydrogens (tertiary/aromatic N) is 2. The Labute approximate surface area is 171 Å². The second kappa shape index (κ2) is 9.32. The minimum atomic E-state index is -0.0808. The van der Waals surface area contributed by atoms with Gasteiger partial charge in [0.2, 0.25) is 0 Å². The first-order valence-corrected chi connectivity index (χ1v) is 10.3. The predicted molar refractivity (Wildman–Crippen MR) is 116 cm³/mol. The number of aromatic nitrogens is 2. The number of hydrogen-bond acceptors (Lipinski definition) is 4. The summed E-state index contributed by atoms with van der Waals surface area (Å²) in [6.45, 7) is 0.517. The molecule has 1 saturated carbocycles. The van der Waals surface area contributed by atoms with Crippen LogP contribution in [0.25, 0.3) is 11.3 Å². The van der Waals surface area contributed by atoms with Crippen LogP contribution in [-0.4, -0.2) is 21.9 Å². The average molecular weight is 386 g/mol. The van der Waals surface area contributed by atoms with Gasteiger partial charge in [-0.2, -0.15) is 0 Å². The maximum Gasteiger partial charge on any atom is 0.251 e. The third kappa shape index (κ3) is 5.19. The van der Waals surface area contributed by atoms with E-state index >= 15 is 0 Å². The number of amides is 1. The smallest absolute Gasteiger partial charge is 0.251 e. The number of nitrogens with one attached hydrogen (secondary N) is 2. The van der Waals surface area contributed by atoms with Crippen LogP contribution in [0.15, 0.2) is 67.0 Å². The molecule has 5 nitrogen and oxygen atoms in total. The van der Waals surface area contributed by atoms with Crippen molar-refractivity contribution in [2.75, 3.05) is 5.32 Å². The zero-order chi connectivity index (χ0) is 19.9. The molecule has 1 aromatic heterocycles. The van der Waals surface area contributed by atoms with Crippen LogP contribution in [0, 0.1) is 0 Å². The first-order valence-electron chi connectivity index (χ1n) is 10.3. The van der Waals surface area contributed by atoms with Gasteiger partial charge in [-0.05, 0) is 30.5 Å². The molecule has 148 valence electrons. The van der Waals surface area contributed by atoms with Crippen molar-refractivity contribution in [3.63, 3.8) is 0 Å². The molecule has 1 aliphatic rings. The molecule has 3 aromatic rings. The number of carbonyl (C=O) groups excluding carboxylic acids is 1. The van der Waals surface area contributed by atoms with Crippen molar-refractivity contribution in [1.29, 1.82) is 0 Å². The number of rotatable bonds is 6. The van der Waals surface area contributed by atoms with Gasteiger partial charge in [0.15, 0.2) is 0 Å². The van der Waals surface area contributed by atoms with Crippen LogP contribution >= 0.6 is 0 Å². The normalized spacial score (nSPS) is 14.3. The number of carbonyl (C=O) groups is 1. The van der Waals surface area contributed by atoms with E-state index < -0.39 is 0 Å². The third-order valence-corrected chi connectivity index (χ3v) is 5.36. The van der Waals surface area contributed by atoms with E-state index in [0.29, 0.717) is 18.2 Å². The van der Waals surface area contributed by atoms with Crippen LogP contribution in [0.2, 0.25) is 0 Å². The highest BCUT2D eigenvalue weighted by atomic mass is 16.1. The van der Waals surface area contributed by atoms with Gasteiger partial charge in [0.1, 0.15) is 12.1 Å². The van der Waals surface area contributed by atoms with Crippen LogP contribution in [-0.2, 0) is 6.54 Å². The molecule has 0 radical (unpaired) electrons. The van der Waals surface area contributed by atoms with Crippen LogP contribution < -0.4 is 10.6 Å². The lowest BCUT2D eigenvalue weighted by atomic mass is 9.95. The summed E-state index contributed by atoms with van der Waals surface area (Å²) in [5.74, 6) is 0.786. The quantitative estimate of drug-likeness (QED) is 0.637. The molecule has 1 heterocycles. The largest absolute Gasteiger partial charge is 0.367 e. The molecule has 29 heavy (non-hydrogen) atoms. The van der Waals surface area contributed by atoms with Crippen LogP contribution in [0.4, 0.5) is 5.82 Å². The summed E-state index contributed by atoms with van der Waals surface area (Å²) in [4.78, 5) is 21.2. The van der Waals surface area contributed by atoms with E-state index in [1.54, 1.807) is 6.33 Å². The maximum absolute atomic E-state index is 12.4. The van der Waals surface area contributed by atoms with Crippen LogP contribution in [0.3, 0.4) is 0 Å². The Morgan fingerprint density at radius 2 is 1.69 bits per heavy atom. The van der Waals surface area contributed by atoms with Gasteiger partial charge in [-0.1, -0.05) is 61.7 Å². The molecule has 0 saturated heterocycles. The van der Waals surface area contributed by atoms with E-state index in [0.717, 1.165) is 22.6 Å². The van der Waals surface area contributed by atoms with Gasteiger partial charge >= 0.3 is 0 Å². The molecular formula is C24H26N4O. The fourth-order valence-corrected chi connectivity index (χ4v) is 3.72. The monoisotopic (exact) mass is 386 g/mol. The number of anilines is 1. The van der Waals surface area contributed by atoms with Gasteiger partial charge < -0.3 is 10.6 Å². The zero-order valence-corrected chi connectivity index (χ0v) is 16.5. The van der Waals surface area contributed by atoms with E-state index in [1.807, 2.05) is 60.7 Å². The minimum Gasteiger partial charge on any atom is -0.367 e. The molecule has 0 aliphatic heterocycles. The Balaban J connectivity index is 1.39. The fourth-order valence-electron chi connectivity index (χ4n) is 3.72. The van der Waals surface area contributed by atoms with Gasteiger partial charge in [0.25, 0.3) is 5.91 Å². The van der Waals surface area contributed by atoms with Crippen molar-refractivity contribution in [2.24, 2.45) is 0 Å². The van der Waals surface area contributed by atoms with Crippen molar-refractivity contribution in [3.05, 3.63) is 78.1 Å². The summed E-state index contributed by atoms with van der Waals surface area (Å²) in [5.41, 5.74) is 3.55. The van der Waals surface area contributed by atoms with Crippen LogP contribution in [0.5, 0.6) is 0 Å². The van der Waals surface area contributed by atoms with Gasteiger partial charge in [-0.15, -0.1) is 0 Å². The van der Waals surface area contributed by atoms with Gasteiger partial charge in [0.05, 0.1) is 5.69 Å². The Morgan fingerprint density at radius 3 is 2.45 bits per heavy atom. The summed E-state index contributed by atoms with van der Waals surface area (Å²) >= 11 is 0. The molecule has 2 N–H and O–H groups in total. The SMILES string of the molecule is O=C(NCc1ccccc1)c1ccc(-c2cc(NC3CCCCC3)ncn2)cc1. The van der Waals surface area contributed by atoms with E-state index in [-0.39, 0.29) is 5.91 Å². The highest BCUT2D eigenvalue weighted by Gasteiger charge is 2.14. The van der Waals surface area contributed by atoms with E-state index in [2.05, 4.69) is 20.6 Å². The summed E-state index contributed by atoms with van der Waals surface area (Å²) < 4.78 is 0. The van der Waals surface area contributed by atoms with Gasteiger partial charge in [0, 0.05) is 29.8 Å². The molecule has 0 atom stereocenters. The topological polar surface area (TPSA) is 66.9 Å². The molecule has 0 unspecified atom stereocenters. The fraction of sp³-hybridized carbons (Fsp3) is 0.292. The third-order valence-electron chi connectivity index (χ3n) is 5.36. The zero-order valence-electron chi connectivity index (χ0n) is 16.5. The Hall–Kier alpha value is -3.21. The van der Waals surface area contributed by atoms with E-state index in [4.69, 9.17) is 0 Å². The Bertz CT molecular complexity index is 935. The lowest BCUT2D eigenvalue weighted by Crippen LogP contribution is -2.22. The maximum atomic E-state index is 12.4. The molecule has 2 aromatic carbocycles. The molecule has 4 rings (SSSR count). The second-order valence-corrected chi connectivity index (χ2v) is 7.51.